The lowest BCUT2D eigenvalue weighted by Crippen LogP contribution is -2.19. The lowest BCUT2D eigenvalue weighted by atomic mass is 10.1. The molecule has 0 aromatic heterocycles. The van der Waals surface area contributed by atoms with E-state index in [1.54, 1.807) is 18.8 Å². The predicted octanol–water partition coefficient (Wildman–Crippen LogP) is 2.38. The van der Waals surface area contributed by atoms with Crippen LogP contribution in [0.1, 0.15) is 21.5 Å². The maximum atomic E-state index is 11.5. The van der Waals surface area contributed by atoms with Crippen molar-refractivity contribution >= 4 is 17.7 Å². The highest BCUT2D eigenvalue weighted by atomic mass is 32.2. The normalized spacial score (nSPS) is 10.0. The number of rotatable bonds is 2. The first-order valence-electron chi connectivity index (χ1n) is 4.48. The number of thioether (sulfide) groups is 1. The van der Waals surface area contributed by atoms with Gasteiger partial charge in [0, 0.05) is 17.5 Å². The second-order valence-electron chi connectivity index (χ2n) is 3.17. The van der Waals surface area contributed by atoms with Gasteiger partial charge in [0.1, 0.15) is 0 Å². The highest BCUT2D eigenvalue weighted by Crippen LogP contribution is 2.26. The molecule has 14 heavy (non-hydrogen) atoms. The van der Waals surface area contributed by atoms with Gasteiger partial charge < -0.3 is 5.32 Å². The van der Waals surface area contributed by atoms with Crippen molar-refractivity contribution in [3.63, 3.8) is 0 Å². The monoisotopic (exact) mass is 209 g/mol. The smallest absolute Gasteiger partial charge is 0.251 e. The third kappa shape index (κ3) is 1.93. The number of benzene rings is 1. The highest BCUT2D eigenvalue weighted by Gasteiger charge is 2.11. The van der Waals surface area contributed by atoms with E-state index in [0.29, 0.717) is 0 Å². The van der Waals surface area contributed by atoms with E-state index in [4.69, 9.17) is 0 Å². The Kier molecular flexibility index (Phi) is 3.58. The average Bonchev–Trinajstić information content (AvgIpc) is 2.18. The fourth-order valence-electron chi connectivity index (χ4n) is 1.52. The molecule has 1 aromatic carbocycles. The van der Waals surface area contributed by atoms with Crippen LogP contribution < -0.4 is 5.32 Å². The molecule has 0 heterocycles. The van der Waals surface area contributed by atoms with Gasteiger partial charge >= 0.3 is 0 Å². The lowest BCUT2D eigenvalue weighted by molar-refractivity contribution is 0.0962. The summed E-state index contributed by atoms with van der Waals surface area (Å²) >= 11 is 1.68. The zero-order valence-corrected chi connectivity index (χ0v) is 9.79. The number of carbonyl (C=O) groups excluding carboxylic acids is 1. The van der Waals surface area contributed by atoms with Crippen molar-refractivity contribution < 1.29 is 4.79 Å². The molecule has 0 aliphatic carbocycles. The Labute approximate surface area is 89.1 Å². The van der Waals surface area contributed by atoms with E-state index >= 15 is 0 Å². The molecule has 0 radical (unpaired) electrons. The summed E-state index contributed by atoms with van der Waals surface area (Å²) in [5.74, 6) is -0.0159. The SMILES string of the molecule is CNC(=O)c1ccc(C)c(SC)c1C. The summed E-state index contributed by atoms with van der Waals surface area (Å²) in [6.45, 7) is 4.05. The summed E-state index contributed by atoms with van der Waals surface area (Å²) in [6.07, 6.45) is 2.03. The molecule has 1 N–H and O–H groups in total. The van der Waals surface area contributed by atoms with E-state index in [9.17, 15) is 4.79 Å². The van der Waals surface area contributed by atoms with Gasteiger partial charge in [0.25, 0.3) is 5.91 Å². The number of carbonyl (C=O) groups is 1. The van der Waals surface area contributed by atoms with Crippen molar-refractivity contribution in [2.24, 2.45) is 0 Å². The second-order valence-corrected chi connectivity index (χ2v) is 3.98. The van der Waals surface area contributed by atoms with Crippen molar-refractivity contribution in [1.82, 2.24) is 5.32 Å². The van der Waals surface area contributed by atoms with Crippen LogP contribution in [0.5, 0.6) is 0 Å². The van der Waals surface area contributed by atoms with Gasteiger partial charge in [-0.1, -0.05) is 6.07 Å². The Morgan fingerprint density at radius 2 is 2.00 bits per heavy atom. The van der Waals surface area contributed by atoms with Gasteiger partial charge in [-0.05, 0) is 37.3 Å². The molecule has 0 aliphatic rings. The Morgan fingerprint density at radius 1 is 1.36 bits per heavy atom. The predicted molar refractivity (Wildman–Crippen MR) is 61.1 cm³/mol. The van der Waals surface area contributed by atoms with Gasteiger partial charge in [-0.15, -0.1) is 11.8 Å². The van der Waals surface area contributed by atoms with Crippen LogP contribution in [0.2, 0.25) is 0 Å². The van der Waals surface area contributed by atoms with Crippen LogP contribution in [-0.4, -0.2) is 19.2 Å². The molecule has 76 valence electrons. The number of nitrogens with one attached hydrogen (secondary N) is 1. The largest absolute Gasteiger partial charge is 0.355 e. The summed E-state index contributed by atoms with van der Waals surface area (Å²) < 4.78 is 0. The summed E-state index contributed by atoms with van der Waals surface area (Å²) in [7, 11) is 1.65. The molecule has 0 bridgehead atoms. The van der Waals surface area contributed by atoms with Gasteiger partial charge in [-0.2, -0.15) is 0 Å². The Morgan fingerprint density at radius 3 is 2.50 bits per heavy atom. The van der Waals surface area contributed by atoms with Gasteiger partial charge in [-0.25, -0.2) is 0 Å². The molecule has 0 unspecified atom stereocenters. The standard InChI is InChI=1S/C11H15NOS/c1-7-5-6-9(11(13)12-3)8(2)10(7)14-4/h5-6H,1-4H3,(H,12,13). The minimum absolute atomic E-state index is 0.0159. The van der Waals surface area contributed by atoms with E-state index in [1.165, 1.54) is 10.5 Å². The second kappa shape index (κ2) is 4.51. The zero-order chi connectivity index (χ0) is 10.7. The average molecular weight is 209 g/mol. The third-order valence-electron chi connectivity index (χ3n) is 2.28. The van der Waals surface area contributed by atoms with Crippen LogP contribution in [0.4, 0.5) is 0 Å². The van der Waals surface area contributed by atoms with Gasteiger partial charge in [-0.3, -0.25) is 4.79 Å². The first-order chi connectivity index (χ1) is 6.61. The van der Waals surface area contributed by atoms with E-state index in [-0.39, 0.29) is 5.91 Å². The van der Waals surface area contributed by atoms with Gasteiger partial charge in [0.05, 0.1) is 0 Å². The van der Waals surface area contributed by atoms with Crippen molar-refractivity contribution in [3.8, 4) is 0 Å². The molecule has 0 saturated carbocycles. The summed E-state index contributed by atoms with van der Waals surface area (Å²) in [6, 6.07) is 3.87. The molecule has 0 fully saturated rings. The molecule has 3 heteroatoms. The maximum absolute atomic E-state index is 11.5. The molecule has 1 aromatic rings. The van der Waals surface area contributed by atoms with Crippen molar-refractivity contribution in [1.29, 1.82) is 0 Å². The third-order valence-corrected chi connectivity index (χ3v) is 3.31. The summed E-state index contributed by atoms with van der Waals surface area (Å²) in [4.78, 5) is 12.7. The minimum atomic E-state index is -0.0159. The first-order valence-corrected chi connectivity index (χ1v) is 5.70. The number of hydrogen-bond donors (Lipinski definition) is 1. The molecule has 2 nitrogen and oxygen atoms in total. The molecule has 0 aliphatic heterocycles. The van der Waals surface area contributed by atoms with Crippen LogP contribution in [0.15, 0.2) is 17.0 Å². The van der Waals surface area contributed by atoms with E-state index in [0.717, 1.165) is 11.1 Å². The van der Waals surface area contributed by atoms with Crippen LogP contribution >= 0.6 is 11.8 Å². The minimum Gasteiger partial charge on any atom is -0.355 e. The number of hydrogen-bond acceptors (Lipinski definition) is 2. The van der Waals surface area contributed by atoms with Crippen LogP contribution in [0.25, 0.3) is 0 Å². The topological polar surface area (TPSA) is 29.1 Å². The first kappa shape index (κ1) is 11.1. The Bertz CT molecular complexity index is 361. The highest BCUT2D eigenvalue weighted by molar-refractivity contribution is 7.98. The van der Waals surface area contributed by atoms with Crippen molar-refractivity contribution in [2.75, 3.05) is 13.3 Å². The fraction of sp³-hybridized carbons (Fsp3) is 0.364. The summed E-state index contributed by atoms with van der Waals surface area (Å²) in [5, 5.41) is 2.64. The molecule has 0 spiro atoms. The van der Waals surface area contributed by atoms with Crippen LogP contribution in [0, 0.1) is 13.8 Å². The fourth-order valence-corrected chi connectivity index (χ4v) is 2.33. The molecular weight excluding hydrogens is 194 g/mol. The maximum Gasteiger partial charge on any atom is 0.251 e. The Balaban J connectivity index is 3.28. The van der Waals surface area contributed by atoms with Crippen molar-refractivity contribution in [2.45, 2.75) is 18.7 Å². The zero-order valence-electron chi connectivity index (χ0n) is 8.97. The van der Waals surface area contributed by atoms with E-state index < -0.39 is 0 Å². The van der Waals surface area contributed by atoms with Gasteiger partial charge in [0.2, 0.25) is 0 Å². The number of aryl methyl sites for hydroxylation is 1. The molecular formula is C11H15NOS. The summed E-state index contributed by atoms with van der Waals surface area (Å²) in [5.41, 5.74) is 3.06. The molecule has 1 amide bonds. The quantitative estimate of drug-likeness (QED) is 0.758. The van der Waals surface area contributed by atoms with Crippen LogP contribution in [-0.2, 0) is 0 Å². The molecule has 1 rings (SSSR count). The van der Waals surface area contributed by atoms with Crippen molar-refractivity contribution in [3.05, 3.63) is 28.8 Å². The Hall–Kier alpha value is -0.960. The lowest BCUT2D eigenvalue weighted by Gasteiger charge is -2.11. The molecule has 0 atom stereocenters. The van der Waals surface area contributed by atoms with E-state index in [1.807, 2.05) is 25.3 Å². The van der Waals surface area contributed by atoms with E-state index in [2.05, 4.69) is 12.2 Å². The number of amides is 1. The van der Waals surface area contributed by atoms with Crippen LogP contribution in [0.3, 0.4) is 0 Å². The molecule has 0 saturated heterocycles. The van der Waals surface area contributed by atoms with Gasteiger partial charge in [0.15, 0.2) is 0 Å².